The number of aliphatic hydroxyl groups is 1. The van der Waals surface area contributed by atoms with Crippen molar-refractivity contribution in [3.05, 3.63) is 12.2 Å². The molecule has 9 heavy (non-hydrogen) atoms. The van der Waals surface area contributed by atoms with Gasteiger partial charge in [-0.25, -0.2) is 0 Å². The van der Waals surface area contributed by atoms with Crippen molar-refractivity contribution in [1.29, 1.82) is 0 Å². The third-order valence-corrected chi connectivity index (χ3v) is 1.26. The lowest BCUT2D eigenvalue weighted by Crippen LogP contribution is -2.23. The Kier molecular flexibility index (Phi) is 2.92. The lowest BCUT2D eigenvalue weighted by molar-refractivity contribution is 0.105. The second-order valence-corrected chi connectivity index (χ2v) is 3.34. The first-order valence-corrected chi connectivity index (χ1v) is 3.29. The Balaban J connectivity index is 3.88. The fraction of sp³-hybridized carbons (Fsp3) is 0.750. The molecule has 0 rings (SSSR count). The number of hydrogen-bond donors (Lipinski definition) is 1. The Hall–Kier alpha value is -0.300. The topological polar surface area (TPSA) is 20.2 Å². The molecular formula is C8H16O. The van der Waals surface area contributed by atoms with Crippen LogP contribution in [0.2, 0.25) is 0 Å². The fourth-order valence-corrected chi connectivity index (χ4v) is 0.471. The maximum Gasteiger partial charge on any atom is 0.0769 e. The van der Waals surface area contributed by atoms with E-state index in [0.29, 0.717) is 0 Å². The summed E-state index contributed by atoms with van der Waals surface area (Å²) in [5, 5.41) is 9.30. The van der Waals surface area contributed by atoms with Crippen LogP contribution in [0, 0.1) is 5.41 Å². The number of hydrogen-bond acceptors (Lipinski definition) is 1. The molecular weight excluding hydrogens is 112 g/mol. The van der Waals surface area contributed by atoms with E-state index in [1.807, 2.05) is 33.8 Å². The zero-order valence-electron chi connectivity index (χ0n) is 6.68. The SMILES string of the molecule is C/C=C/[C@H](O)C(C)(C)C. The second kappa shape index (κ2) is 3.02. The van der Waals surface area contributed by atoms with Crippen LogP contribution in [0.1, 0.15) is 27.7 Å². The van der Waals surface area contributed by atoms with E-state index in [0.717, 1.165) is 0 Å². The lowest BCUT2D eigenvalue weighted by atomic mass is 9.89. The van der Waals surface area contributed by atoms with Crippen LogP contribution < -0.4 is 0 Å². The van der Waals surface area contributed by atoms with Crippen molar-refractivity contribution in [2.45, 2.75) is 33.8 Å². The van der Waals surface area contributed by atoms with Gasteiger partial charge in [-0.2, -0.15) is 0 Å². The molecule has 0 aliphatic rings. The predicted molar refractivity (Wildman–Crippen MR) is 40.3 cm³/mol. The minimum absolute atomic E-state index is 0.0213. The van der Waals surface area contributed by atoms with Gasteiger partial charge in [-0.3, -0.25) is 0 Å². The molecule has 0 spiro atoms. The van der Waals surface area contributed by atoms with Gasteiger partial charge < -0.3 is 5.11 Å². The van der Waals surface area contributed by atoms with E-state index in [1.165, 1.54) is 0 Å². The lowest BCUT2D eigenvalue weighted by Gasteiger charge is -2.22. The molecule has 0 aromatic rings. The summed E-state index contributed by atoms with van der Waals surface area (Å²) in [7, 11) is 0. The highest BCUT2D eigenvalue weighted by Gasteiger charge is 2.18. The van der Waals surface area contributed by atoms with Gasteiger partial charge in [-0.05, 0) is 12.3 Å². The standard InChI is InChI=1S/C8H16O/c1-5-6-7(9)8(2,3)4/h5-7,9H,1-4H3/b6-5+/t7-/m0/s1. The Labute approximate surface area is 57.4 Å². The van der Waals surface area contributed by atoms with E-state index < -0.39 is 0 Å². The Morgan fingerprint density at radius 2 is 1.78 bits per heavy atom. The molecule has 0 unspecified atom stereocenters. The van der Waals surface area contributed by atoms with Crippen LogP contribution in [0.3, 0.4) is 0 Å². The monoisotopic (exact) mass is 128 g/mol. The van der Waals surface area contributed by atoms with Gasteiger partial charge in [0.25, 0.3) is 0 Å². The molecule has 0 aliphatic carbocycles. The summed E-state index contributed by atoms with van der Waals surface area (Å²) in [5.41, 5.74) is -0.0213. The minimum Gasteiger partial charge on any atom is -0.388 e. The first kappa shape index (κ1) is 8.70. The third kappa shape index (κ3) is 3.31. The van der Waals surface area contributed by atoms with Crippen molar-refractivity contribution in [2.75, 3.05) is 0 Å². The van der Waals surface area contributed by atoms with Gasteiger partial charge in [-0.15, -0.1) is 0 Å². The van der Waals surface area contributed by atoms with Gasteiger partial charge in [-0.1, -0.05) is 32.9 Å². The van der Waals surface area contributed by atoms with Crippen LogP contribution in [-0.2, 0) is 0 Å². The highest BCUT2D eigenvalue weighted by molar-refractivity contribution is 4.92. The van der Waals surface area contributed by atoms with Crippen molar-refractivity contribution >= 4 is 0 Å². The average molecular weight is 128 g/mol. The molecule has 0 aliphatic heterocycles. The van der Waals surface area contributed by atoms with Crippen LogP contribution in [0.5, 0.6) is 0 Å². The largest absolute Gasteiger partial charge is 0.388 e. The number of rotatable bonds is 1. The molecule has 0 saturated carbocycles. The summed E-state index contributed by atoms with van der Waals surface area (Å²) in [4.78, 5) is 0. The molecule has 0 aromatic carbocycles. The second-order valence-electron chi connectivity index (χ2n) is 3.34. The molecule has 1 atom stereocenters. The smallest absolute Gasteiger partial charge is 0.0769 e. The Bertz CT molecular complexity index is 97.6. The molecule has 0 amide bonds. The van der Waals surface area contributed by atoms with Crippen molar-refractivity contribution in [3.8, 4) is 0 Å². The maximum absolute atomic E-state index is 9.30. The molecule has 0 heterocycles. The van der Waals surface area contributed by atoms with Crippen LogP contribution >= 0.6 is 0 Å². The summed E-state index contributed by atoms with van der Waals surface area (Å²) in [6, 6.07) is 0. The molecule has 0 fully saturated rings. The highest BCUT2D eigenvalue weighted by Crippen LogP contribution is 2.19. The maximum atomic E-state index is 9.30. The molecule has 0 aromatic heterocycles. The van der Waals surface area contributed by atoms with Gasteiger partial charge in [0.15, 0.2) is 0 Å². The highest BCUT2D eigenvalue weighted by atomic mass is 16.3. The van der Waals surface area contributed by atoms with Gasteiger partial charge in [0.1, 0.15) is 0 Å². The van der Waals surface area contributed by atoms with Crippen LogP contribution in [0.25, 0.3) is 0 Å². The van der Waals surface area contributed by atoms with Crippen molar-refractivity contribution in [2.24, 2.45) is 5.41 Å². The van der Waals surface area contributed by atoms with Gasteiger partial charge >= 0.3 is 0 Å². The summed E-state index contributed by atoms with van der Waals surface area (Å²) in [6.45, 7) is 7.95. The predicted octanol–water partition coefficient (Wildman–Crippen LogP) is 1.97. The molecule has 0 bridgehead atoms. The zero-order chi connectivity index (χ0) is 7.49. The average Bonchev–Trinajstić information content (AvgIpc) is 1.64. The molecule has 1 N–H and O–H groups in total. The van der Waals surface area contributed by atoms with Gasteiger partial charge in [0.2, 0.25) is 0 Å². The van der Waals surface area contributed by atoms with E-state index in [9.17, 15) is 5.11 Å². The van der Waals surface area contributed by atoms with E-state index in [-0.39, 0.29) is 11.5 Å². The summed E-state index contributed by atoms with van der Waals surface area (Å²) in [6.07, 6.45) is 3.36. The van der Waals surface area contributed by atoms with Crippen molar-refractivity contribution in [1.82, 2.24) is 0 Å². The van der Waals surface area contributed by atoms with E-state index in [2.05, 4.69) is 0 Å². The van der Waals surface area contributed by atoms with Crippen molar-refractivity contribution in [3.63, 3.8) is 0 Å². The van der Waals surface area contributed by atoms with Gasteiger partial charge in [0, 0.05) is 0 Å². The summed E-state index contributed by atoms with van der Waals surface area (Å²) < 4.78 is 0. The number of allylic oxidation sites excluding steroid dienone is 1. The summed E-state index contributed by atoms with van der Waals surface area (Å²) in [5.74, 6) is 0. The van der Waals surface area contributed by atoms with E-state index >= 15 is 0 Å². The molecule has 1 heteroatoms. The third-order valence-electron chi connectivity index (χ3n) is 1.26. The first-order chi connectivity index (χ1) is 3.98. The van der Waals surface area contributed by atoms with Crippen molar-refractivity contribution < 1.29 is 5.11 Å². The molecule has 0 radical (unpaired) electrons. The first-order valence-electron chi connectivity index (χ1n) is 3.29. The Morgan fingerprint density at radius 3 is 1.89 bits per heavy atom. The van der Waals surface area contributed by atoms with E-state index in [1.54, 1.807) is 6.08 Å². The summed E-state index contributed by atoms with van der Waals surface area (Å²) >= 11 is 0. The normalized spacial score (nSPS) is 16.6. The minimum atomic E-state index is -0.317. The fourth-order valence-electron chi connectivity index (χ4n) is 0.471. The van der Waals surface area contributed by atoms with E-state index in [4.69, 9.17) is 0 Å². The number of aliphatic hydroxyl groups excluding tert-OH is 1. The van der Waals surface area contributed by atoms with Crippen LogP contribution in [0.4, 0.5) is 0 Å². The molecule has 54 valence electrons. The molecule has 1 nitrogen and oxygen atoms in total. The Morgan fingerprint density at radius 1 is 1.33 bits per heavy atom. The molecule has 0 saturated heterocycles. The van der Waals surface area contributed by atoms with Crippen LogP contribution in [0.15, 0.2) is 12.2 Å². The quantitative estimate of drug-likeness (QED) is 0.535. The van der Waals surface area contributed by atoms with Gasteiger partial charge in [0.05, 0.1) is 6.10 Å². The zero-order valence-corrected chi connectivity index (χ0v) is 6.68. The van der Waals surface area contributed by atoms with Crippen LogP contribution in [-0.4, -0.2) is 11.2 Å².